The molecule has 4 nitrogen and oxygen atoms in total. The molecule has 0 radical (unpaired) electrons. The summed E-state index contributed by atoms with van der Waals surface area (Å²) >= 11 is 0. The Kier molecular flexibility index (Phi) is 6.88. The molecule has 0 aromatic carbocycles. The number of aromatic nitrogens is 2. The van der Waals surface area contributed by atoms with Crippen molar-refractivity contribution in [2.24, 2.45) is 5.41 Å². The number of hydrogen-bond acceptors (Lipinski definition) is 4. The third kappa shape index (κ3) is 5.47. The third-order valence-electron chi connectivity index (χ3n) is 5.49. The average molecular weight is 403 g/mol. The predicted molar refractivity (Wildman–Crippen MR) is 123 cm³/mol. The minimum Gasteiger partial charge on any atom is -0.479 e. The van der Waals surface area contributed by atoms with Crippen LogP contribution in [0.3, 0.4) is 0 Å². The molecule has 156 valence electrons. The molecular formula is C26H30N2O2. The zero-order chi connectivity index (χ0) is 21.6. The van der Waals surface area contributed by atoms with Crippen LogP contribution in [0.1, 0.15) is 58.1 Å². The lowest BCUT2D eigenvalue weighted by Gasteiger charge is -2.34. The van der Waals surface area contributed by atoms with Crippen molar-refractivity contribution in [2.45, 2.75) is 47.0 Å². The zero-order valence-electron chi connectivity index (χ0n) is 18.2. The van der Waals surface area contributed by atoms with Gasteiger partial charge in [0.1, 0.15) is 0 Å². The maximum Gasteiger partial charge on any atom is 0.316 e. The van der Waals surface area contributed by atoms with Crippen LogP contribution in [-0.4, -0.2) is 15.2 Å². The number of pyridine rings is 1. The first-order valence-corrected chi connectivity index (χ1v) is 10.4. The lowest BCUT2D eigenvalue weighted by atomic mass is 9.71. The smallest absolute Gasteiger partial charge is 0.316 e. The highest BCUT2D eigenvalue weighted by molar-refractivity contribution is 5.72. The molecule has 0 bridgehead atoms. The molecular weight excluding hydrogens is 372 g/mol. The molecule has 0 atom stereocenters. The highest BCUT2D eigenvalue weighted by atomic mass is 16.5. The van der Waals surface area contributed by atoms with Crippen LogP contribution in [0.4, 0.5) is 0 Å². The molecule has 0 spiro atoms. The van der Waals surface area contributed by atoms with Gasteiger partial charge in [-0.1, -0.05) is 66.6 Å². The second kappa shape index (κ2) is 9.57. The van der Waals surface area contributed by atoms with E-state index in [2.05, 4.69) is 59.7 Å². The van der Waals surface area contributed by atoms with Gasteiger partial charge in [-0.2, -0.15) is 0 Å². The summed E-state index contributed by atoms with van der Waals surface area (Å²) in [7, 11) is 0. The summed E-state index contributed by atoms with van der Waals surface area (Å²) < 4.78 is 4.66. The van der Waals surface area contributed by atoms with Crippen molar-refractivity contribution in [1.29, 1.82) is 0 Å². The standard InChI is InChI=1S/C26H30N2O2/c1-19(8-5-9-20(2)16-22-18-28-30-25(22)29)12-13-24-23(11-6-14-26(24,3)4)21-10-7-15-27-17-21/h5,7-10,12-13,15-18,29H,6,11,14H2,1-4H3/b9-5+,13-12+,19-8+,20-16+. The van der Waals surface area contributed by atoms with E-state index in [0.717, 1.165) is 12.0 Å². The quantitative estimate of drug-likeness (QED) is 0.534. The average Bonchev–Trinajstić information content (AvgIpc) is 3.11. The minimum absolute atomic E-state index is 0.149. The minimum atomic E-state index is -0.162. The van der Waals surface area contributed by atoms with Gasteiger partial charge in [0.15, 0.2) is 0 Å². The van der Waals surface area contributed by atoms with Crippen molar-refractivity contribution >= 4 is 11.6 Å². The Bertz CT molecular complexity index is 1020. The summed E-state index contributed by atoms with van der Waals surface area (Å²) in [6.45, 7) is 8.73. The van der Waals surface area contributed by atoms with E-state index in [1.165, 1.54) is 41.3 Å². The van der Waals surface area contributed by atoms with E-state index >= 15 is 0 Å². The van der Waals surface area contributed by atoms with Gasteiger partial charge in [0.25, 0.3) is 0 Å². The first kappa shape index (κ1) is 21.6. The number of rotatable bonds is 6. The summed E-state index contributed by atoms with van der Waals surface area (Å²) in [6.07, 6.45) is 21.2. The monoisotopic (exact) mass is 402 g/mol. The van der Waals surface area contributed by atoms with E-state index in [9.17, 15) is 5.11 Å². The van der Waals surface area contributed by atoms with Crippen molar-refractivity contribution in [3.05, 3.63) is 88.9 Å². The van der Waals surface area contributed by atoms with Gasteiger partial charge in [0, 0.05) is 12.4 Å². The molecule has 0 fully saturated rings. The molecule has 0 unspecified atom stereocenters. The van der Waals surface area contributed by atoms with E-state index in [1.54, 1.807) is 0 Å². The molecule has 3 rings (SSSR count). The van der Waals surface area contributed by atoms with Gasteiger partial charge in [0.2, 0.25) is 0 Å². The Labute approximate surface area is 179 Å². The molecule has 0 saturated carbocycles. The molecule has 2 aromatic heterocycles. The van der Waals surface area contributed by atoms with Crippen LogP contribution >= 0.6 is 0 Å². The SMILES string of the molecule is CC(/C=C/C1=C(c2cccnc2)CCCC1(C)C)=C\C=C\C(C)=C\c1cnoc1O. The van der Waals surface area contributed by atoms with Gasteiger partial charge in [-0.05, 0) is 67.4 Å². The summed E-state index contributed by atoms with van der Waals surface area (Å²) in [4.78, 5) is 4.32. The van der Waals surface area contributed by atoms with Crippen molar-refractivity contribution in [3.8, 4) is 5.95 Å². The molecule has 0 amide bonds. The topological polar surface area (TPSA) is 59.2 Å². The van der Waals surface area contributed by atoms with E-state index in [4.69, 9.17) is 0 Å². The van der Waals surface area contributed by atoms with Gasteiger partial charge in [-0.25, -0.2) is 0 Å². The Morgan fingerprint density at radius 2 is 2.00 bits per heavy atom. The highest BCUT2D eigenvalue weighted by Crippen LogP contribution is 2.44. The fraction of sp³-hybridized carbons (Fsp3) is 0.308. The lowest BCUT2D eigenvalue weighted by molar-refractivity contribution is 0.277. The van der Waals surface area contributed by atoms with Gasteiger partial charge in [-0.15, -0.1) is 0 Å². The Balaban J connectivity index is 1.79. The summed E-state index contributed by atoms with van der Waals surface area (Å²) in [5, 5.41) is 13.1. The summed E-state index contributed by atoms with van der Waals surface area (Å²) in [5.41, 5.74) is 6.93. The molecule has 0 aliphatic heterocycles. The molecule has 1 aliphatic rings. The van der Waals surface area contributed by atoms with E-state index in [0.29, 0.717) is 5.56 Å². The Morgan fingerprint density at radius 3 is 2.70 bits per heavy atom. The third-order valence-corrected chi connectivity index (χ3v) is 5.49. The first-order valence-electron chi connectivity index (χ1n) is 10.4. The maximum absolute atomic E-state index is 9.53. The molecule has 30 heavy (non-hydrogen) atoms. The van der Waals surface area contributed by atoms with Gasteiger partial charge >= 0.3 is 5.95 Å². The zero-order valence-corrected chi connectivity index (χ0v) is 18.2. The molecule has 4 heteroatoms. The fourth-order valence-corrected chi connectivity index (χ4v) is 3.81. The van der Waals surface area contributed by atoms with Crippen molar-refractivity contribution in [2.75, 3.05) is 0 Å². The van der Waals surface area contributed by atoms with Crippen LogP contribution < -0.4 is 0 Å². The number of hydrogen-bond donors (Lipinski definition) is 1. The molecule has 2 heterocycles. The van der Waals surface area contributed by atoms with Crippen LogP contribution in [0.2, 0.25) is 0 Å². The van der Waals surface area contributed by atoms with Crippen LogP contribution in [0.15, 0.2) is 82.3 Å². The molecule has 1 N–H and O–H groups in total. The van der Waals surface area contributed by atoms with Crippen molar-refractivity contribution in [1.82, 2.24) is 10.1 Å². The normalized spacial score (nSPS) is 18.0. The fourth-order valence-electron chi connectivity index (χ4n) is 3.81. The van der Waals surface area contributed by atoms with Gasteiger partial charge in [-0.3, -0.25) is 4.98 Å². The van der Waals surface area contributed by atoms with Crippen LogP contribution in [0.25, 0.3) is 11.6 Å². The molecule has 1 aliphatic carbocycles. The molecule has 2 aromatic rings. The summed E-state index contributed by atoms with van der Waals surface area (Å²) in [6, 6.07) is 4.17. The number of nitrogens with zero attached hydrogens (tertiary/aromatic N) is 2. The number of allylic oxidation sites excluding steroid dienone is 9. The molecule has 0 saturated heterocycles. The van der Waals surface area contributed by atoms with Crippen LogP contribution in [-0.2, 0) is 0 Å². The van der Waals surface area contributed by atoms with E-state index in [1.807, 2.05) is 43.6 Å². The van der Waals surface area contributed by atoms with Crippen LogP contribution in [0.5, 0.6) is 5.95 Å². The van der Waals surface area contributed by atoms with Gasteiger partial charge in [0.05, 0.1) is 11.8 Å². The Hall–Kier alpha value is -3.14. The first-order chi connectivity index (χ1) is 14.4. The van der Waals surface area contributed by atoms with Crippen molar-refractivity contribution in [3.63, 3.8) is 0 Å². The second-order valence-electron chi connectivity index (χ2n) is 8.45. The predicted octanol–water partition coefficient (Wildman–Crippen LogP) is 6.90. The van der Waals surface area contributed by atoms with Crippen molar-refractivity contribution < 1.29 is 9.63 Å². The lowest BCUT2D eigenvalue weighted by Crippen LogP contribution is -2.19. The largest absolute Gasteiger partial charge is 0.479 e. The van der Waals surface area contributed by atoms with Gasteiger partial charge < -0.3 is 9.63 Å². The van der Waals surface area contributed by atoms with E-state index < -0.39 is 0 Å². The highest BCUT2D eigenvalue weighted by Gasteiger charge is 2.28. The summed E-state index contributed by atoms with van der Waals surface area (Å²) in [5.74, 6) is -0.162. The Morgan fingerprint density at radius 1 is 1.17 bits per heavy atom. The second-order valence-corrected chi connectivity index (χ2v) is 8.45. The maximum atomic E-state index is 9.53. The van der Waals surface area contributed by atoms with Crippen LogP contribution in [0, 0.1) is 5.41 Å². The van der Waals surface area contributed by atoms with E-state index in [-0.39, 0.29) is 11.4 Å². The number of aromatic hydroxyl groups is 1.